The number of nitrogen functional groups attached to an aromatic ring is 1. The Kier molecular flexibility index (Phi) is 6.14. The zero-order valence-electron chi connectivity index (χ0n) is 17.9. The maximum Gasteiger partial charge on any atom is 0.417 e. The van der Waals surface area contributed by atoms with Crippen LogP contribution in [-0.2, 0) is 12.7 Å². The third-order valence-electron chi connectivity index (χ3n) is 5.44. The fraction of sp³-hybridized carbons (Fsp3) is 0.0769. The standard InChI is InChI=1S/C26H16F5N3O/c27-19-8-7-18(23(28)11-19)14-34-24(12-22(26(29,30)31)21(13-32)25(34)35)17-5-1-3-15(9-17)16-4-2-6-20(33)10-16/h1-12H,14,33H2. The zero-order chi connectivity index (χ0) is 25.3. The van der Waals surface area contributed by atoms with E-state index in [0.29, 0.717) is 28.9 Å². The lowest BCUT2D eigenvalue weighted by molar-refractivity contribution is -0.137. The second kappa shape index (κ2) is 9.06. The van der Waals surface area contributed by atoms with Crippen LogP contribution in [0.2, 0.25) is 0 Å². The number of nitrogens with zero attached hydrogens (tertiary/aromatic N) is 2. The first-order chi connectivity index (χ1) is 16.6. The maximum absolute atomic E-state index is 14.4. The molecule has 4 aromatic rings. The Hall–Kier alpha value is -4.45. The van der Waals surface area contributed by atoms with Crippen LogP contribution in [0.25, 0.3) is 22.4 Å². The van der Waals surface area contributed by atoms with Gasteiger partial charge in [-0.15, -0.1) is 0 Å². The Morgan fingerprint density at radius 1 is 0.886 bits per heavy atom. The highest BCUT2D eigenvalue weighted by atomic mass is 19.4. The molecular weight excluding hydrogens is 465 g/mol. The van der Waals surface area contributed by atoms with Crippen LogP contribution in [0.3, 0.4) is 0 Å². The Balaban J connectivity index is 1.98. The molecule has 0 unspecified atom stereocenters. The van der Waals surface area contributed by atoms with Gasteiger partial charge in [0, 0.05) is 17.3 Å². The van der Waals surface area contributed by atoms with Crippen molar-refractivity contribution in [2.24, 2.45) is 0 Å². The summed E-state index contributed by atoms with van der Waals surface area (Å²) < 4.78 is 69.9. The molecule has 0 spiro atoms. The Bertz CT molecular complexity index is 1530. The van der Waals surface area contributed by atoms with Gasteiger partial charge in [-0.05, 0) is 47.0 Å². The van der Waals surface area contributed by atoms with E-state index in [-0.39, 0.29) is 16.8 Å². The number of aromatic nitrogens is 1. The smallest absolute Gasteiger partial charge is 0.399 e. The van der Waals surface area contributed by atoms with E-state index in [9.17, 15) is 32.0 Å². The van der Waals surface area contributed by atoms with E-state index in [1.54, 1.807) is 42.5 Å². The number of hydrogen-bond donors (Lipinski definition) is 1. The van der Waals surface area contributed by atoms with Crippen molar-refractivity contribution in [1.82, 2.24) is 4.57 Å². The quantitative estimate of drug-likeness (QED) is 0.288. The average molecular weight is 481 g/mol. The number of anilines is 1. The van der Waals surface area contributed by atoms with Crippen LogP contribution >= 0.6 is 0 Å². The van der Waals surface area contributed by atoms with Crippen LogP contribution in [0, 0.1) is 23.0 Å². The topological polar surface area (TPSA) is 71.8 Å². The number of alkyl halides is 3. The molecule has 0 amide bonds. The summed E-state index contributed by atoms with van der Waals surface area (Å²) >= 11 is 0. The predicted molar refractivity (Wildman–Crippen MR) is 121 cm³/mol. The molecule has 0 atom stereocenters. The van der Waals surface area contributed by atoms with E-state index in [1.165, 1.54) is 12.1 Å². The molecule has 1 aromatic heterocycles. The van der Waals surface area contributed by atoms with Crippen LogP contribution in [0.4, 0.5) is 27.6 Å². The van der Waals surface area contributed by atoms with Crippen LogP contribution in [-0.4, -0.2) is 4.57 Å². The van der Waals surface area contributed by atoms with E-state index in [1.807, 2.05) is 0 Å². The van der Waals surface area contributed by atoms with Crippen molar-refractivity contribution >= 4 is 5.69 Å². The van der Waals surface area contributed by atoms with Crippen molar-refractivity contribution < 1.29 is 22.0 Å². The highest BCUT2D eigenvalue weighted by Crippen LogP contribution is 2.35. The van der Waals surface area contributed by atoms with Gasteiger partial charge < -0.3 is 10.3 Å². The average Bonchev–Trinajstić information content (AvgIpc) is 2.81. The minimum atomic E-state index is -4.98. The monoisotopic (exact) mass is 481 g/mol. The van der Waals surface area contributed by atoms with Gasteiger partial charge in [0.2, 0.25) is 0 Å². The largest absolute Gasteiger partial charge is 0.417 e. The molecule has 2 N–H and O–H groups in total. The Morgan fingerprint density at radius 2 is 1.54 bits per heavy atom. The first-order valence-corrected chi connectivity index (χ1v) is 10.2. The molecule has 4 nitrogen and oxygen atoms in total. The molecule has 176 valence electrons. The summed E-state index contributed by atoms with van der Waals surface area (Å²) in [6, 6.07) is 17.9. The van der Waals surface area contributed by atoms with E-state index in [2.05, 4.69) is 0 Å². The van der Waals surface area contributed by atoms with Crippen molar-refractivity contribution in [2.75, 3.05) is 5.73 Å². The van der Waals surface area contributed by atoms with E-state index in [0.717, 1.165) is 16.7 Å². The highest BCUT2D eigenvalue weighted by molar-refractivity contribution is 5.74. The first-order valence-electron chi connectivity index (χ1n) is 10.2. The van der Waals surface area contributed by atoms with Crippen molar-refractivity contribution in [3.8, 4) is 28.5 Å². The van der Waals surface area contributed by atoms with Crippen molar-refractivity contribution in [2.45, 2.75) is 12.7 Å². The minimum Gasteiger partial charge on any atom is -0.399 e. The van der Waals surface area contributed by atoms with Gasteiger partial charge in [0.05, 0.1) is 17.8 Å². The van der Waals surface area contributed by atoms with Crippen LogP contribution in [0.15, 0.2) is 77.6 Å². The molecule has 0 aliphatic rings. The molecule has 4 rings (SSSR count). The molecule has 0 radical (unpaired) electrons. The van der Waals surface area contributed by atoms with Crippen LogP contribution in [0.1, 0.15) is 16.7 Å². The van der Waals surface area contributed by atoms with Gasteiger partial charge in [-0.1, -0.05) is 36.4 Å². The number of nitrogens with two attached hydrogens (primary N) is 1. The molecular formula is C26H16F5N3O. The fourth-order valence-corrected chi connectivity index (χ4v) is 3.77. The number of rotatable bonds is 4. The van der Waals surface area contributed by atoms with Gasteiger partial charge >= 0.3 is 6.18 Å². The first kappa shape index (κ1) is 23.7. The van der Waals surface area contributed by atoms with Gasteiger partial charge in [-0.3, -0.25) is 4.79 Å². The van der Waals surface area contributed by atoms with E-state index < -0.39 is 41.0 Å². The lowest BCUT2D eigenvalue weighted by Gasteiger charge is -2.18. The normalized spacial score (nSPS) is 11.3. The lowest BCUT2D eigenvalue weighted by Crippen LogP contribution is -2.29. The van der Waals surface area contributed by atoms with Gasteiger partial charge in [-0.25, -0.2) is 8.78 Å². The molecule has 0 aliphatic heterocycles. The Morgan fingerprint density at radius 3 is 2.17 bits per heavy atom. The number of nitriles is 1. The van der Waals surface area contributed by atoms with Crippen LogP contribution in [0.5, 0.6) is 0 Å². The summed E-state index contributed by atoms with van der Waals surface area (Å²) in [5.41, 5.74) is 3.77. The van der Waals surface area contributed by atoms with Gasteiger partial charge in [0.25, 0.3) is 5.56 Å². The van der Waals surface area contributed by atoms with Gasteiger partial charge in [0.1, 0.15) is 23.3 Å². The minimum absolute atomic E-state index is 0.134. The molecule has 3 aromatic carbocycles. The van der Waals surface area contributed by atoms with Crippen molar-refractivity contribution in [1.29, 1.82) is 5.26 Å². The molecule has 1 heterocycles. The summed E-state index contributed by atoms with van der Waals surface area (Å²) in [6.45, 7) is -0.518. The third kappa shape index (κ3) is 4.77. The molecule has 0 saturated carbocycles. The second-order valence-corrected chi connectivity index (χ2v) is 7.76. The fourth-order valence-electron chi connectivity index (χ4n) is 3.77. The van der Waals surface area contributed by atoms with Gasteiger partial charge in [-0.2, -0.15) is 18.4 Å². The lowest BCUT2D eigenvalue weighted by atomic mass is 9.99. The summed E-state index contributed by atoms with van der Waals surface area (Å²) in [5, 5.41) is 9.33. The summed E-state index contributed by atoms with van der Waals surface area (Å²) in [5.74, 6) is -1.83. The summed E-state index contributed by atoms with van der Waals surface area (Å²) in [7, 11) is 0. The SMILES string of the molecule is N#Cc1c(C(F)(F)F)cc(-c2cccc(-c3cccc(N)c3)c2)n(Cc2ccc(F)cc2F)c1=O. The number of halogens is 5. The number of pyridine rings is 1. The molecule has 9 heteroatoms. The molecule has 35 heavy (non-hydrogen) atoms. The molecule has 0 aliphatic carbocycles. The van der Waals surface area contributed by atoms with E-state index >= 15 is 0 Å². The third-order valence-corrected chi connectivity index (χ3v) is 5.44. The van der Waals surface area contributed by atoms with Gasteiger partial charge in [0.15, 0.2) is 0 Å². The van der Waals surface area contributed by atoms with Crippen molar-refractivity contribution in [3.63, 3.8) is 0 Å². The Labute approximate surface area is 196 Å². The van der Waals surface area contributed by atoms with Crippen molar-refractivity contribution in [3.05, 3.63) is 111 Å². The summed E-state index contributed by atoms with van der Waals surface area (Å²) in [6.07, 6.45) is -4.98. The zero-order valence-corrected chi connectivity index (χ0v) is 17.9. The molecule has 0 bridgehead atoms. The van der Waals surface area contributed by atoms with Crippen LogP contribution < -0.4 is 11.3 Å². The number of hydrogen-bond acceptors (Lipinski definition) is 3. The number of benzene rings is 3. The highest BCUT2D eigenvalue weighted by Gasteiger charge is 2.36. The summed E-state index contributed by atoms with van der Waals surface area (Å²) in [4.78, 5) is 13.1. The maximum atomic E-state index is 14.4. The second-order valence-electron chi connectivity index (χ2n) is 7.76. The predicted octanol–water partition coefficient (Wildman–Crippen LogP) is 5.98. The van der Waals surface area contributed by atoms with E-state index in [4.69, 9.17) is 5.73 Å². The molecule has 0 saturated heterocycles. The molecule has 0 fully saturated rings.